The van der Waals surface area contributed by atoms with Crippen LogP contribution in [0.25, 0.3) is 0 Å². The first-order chi connectivity index (χ1) is 15.3. The van der Waals surface area contributed by atoms with Crippen LogP contribution in [0.15, 0.2) is 66.7 Å². The Labute approximate surface area is 187 Å². The normalized spacial score (nSPS) is 15.7. The molecule has 0 fully saturated rings. The summed E-state index contributed by atoms with van der Waals surface area (Å²) in [7, 11) is 0. The van der Waals surface area contributed by atoms with Gasteiger partial charge >= 0.3 is 6.18 Å². The molecular weight excluding hydrogens is 445 g/mol. The summed E-state index contributed by atoms with van der Waals surface area (Å²) in [6.07, 6.45) is -4.46. The second kappa shape index (κ2) is 8.72. The maximum Gasteiger partial charge on any atom is 0.416 e. The van der Waals surface area contributed by atoms with Crippen LogP contribution in [0.1, 0.15) is 15.9 Å². The molecule has 1 aliphatic rings. The minimum Gasteiger partial charge on any atom is -0.488 e. The first-order valence-electron chi connectivity index (χ1n) is 9.68. The Hall–Kier alpha value is -3.23. The maximum absolute atomic E-state index is 12.9. The van der Waals surface area contributed by atoms with Gasteiger partial charge in [0.2, 0.25) is 0 Å². The molecule has 32 heavy (non-hydrogen) atoms. The van der Waals surface area contributed by atoms with Crippen molar-refractivity contribution in [1.29, 1.82) is 0 Å². The number of hydrogen-bond donors (Lipinski definition) is 2. The number of carbonyl (C=O) groups excluding carboxylic acids is 1. The Balaban J connectivity index is 1.65. The van der Waals surface area contributed by atoms with Crippen LogP contribution in [0.4, 0.5) is 30.2 Å². The lowest BCUT2D eigenvalue weighted by molar-refractivity contribution is -0.137. The first kappa shape index (κ1) is 22.0. The second-order valence-electron chi connectivity index (χ2n) is 7.18. The van der Waals surface area contributed by atoms with E-state index >= 15 is 0 Å². The number of para-hydroxylation sites is 1. The van der Waals surface area contributed by atoms with E-state index in [1.165, 1.54) is 12.1 Å². The summed E-state index contributed by atoms with van der Waals surface area (Å²) < 4.78 is 44.1. The van der Waals surface area contributed by atoms with Gasteiger partial charge in [0, 0.05) is 16.4 Å². The van der Waals surface area contributed by atoms with Crippen molar-refractivity contribution in [3.8, 4) is 5.75 Å². The summed E-state index contributed by atoms with van der Waals surface area (Å²) in [6, 6.07) is 15.9. The van der Waals surface area contributed by atoms with E-state index in [1.54, 1.807) is 42.5 Å². The Morgan fingerprint density at radius 2 is 1.78 bits per heavy atom. The molecular formula is C23H18ClF3N2O3. The van der Waals surface area contributed by atoms with Crippen molar-refractivity contribution in [2.24, 2.45) is 0 Å². The fourth-order valence-corrected chi connectivity index (χ4v) is 3.65. The topological polar surface area (TPSA) is 61.8 Å². The van der Waals surface area contributed by atoms with Crippen LogP contribution in [-0.2, 0) is 6.18 Å². The fraction of sp³-hybridized carbons (Fsp3) is 0.174. The van der Waals surface area contributed by atoms with Gasteiger partial charge in [-0.3, -0.25) is 4.79 Å². The second-order valence-corrected chi connectivity index (χ2v) is 7.61. The molecule has 3 aromatic rings. The van der Waals surface area contributed by atoms with Gasteiger partial charge in [-0.25, -0.2) is 0 Å². The molecule has 3 aromatic carbocycles. The number of aliphatic hydroxyl groups excluding tert-OH is 1. The minimum atomic E-state index is -4.46. The quantitative estimate of drug-likeness (QED) is 0.537. The highest BCUT2D eigenvalue weighted by Crippen LogP contribution is 2.41. The summed E-state index contributed by atoms with van der Waals surface area (Å²) in [6.45, 7) is -0.0409. The fourth-order valence-electron chi connectivity index (χ4n) is 3.52. The number of fused-ring (bicyclic) bond motifs is 1. The summed E-state index contributed by atoms with van der Waals surface area (Å²) in [5.74, 6) is -0.211. The zero-order valence-corrected chi connectivity index (χ0v) is 17.3. The monoisotopic (exact) mass is 462 g/mol. The van der Waals surface area contributed by atoms with Crippen molar-refractivity contribution in [3.63, 3.8) is 0 Å². The molecule has 1 aliphatic heterocycles. The van der Waals surface area contributed by atoms with E-state index in [-0.39, 0.29) is 30.5 Å². The Morgan fingerprint density at radius 1 is 1.09 bits per heavy atom. The van der Waals surface area contributed by atoms with E-state index in [9.17, 15) is 23.1 Å². The van der Waals surface area contributed by atoms with Gasteiger partial charge in [-0.05, 0) is 60.7 Å². The van der Waals surface area contributed by atoms with Gasteiger partial charge in [0.1, 0.15) is 6.61 Å². The SMILES string of the molecule is O=C(Nc1ccc(C(F)(F)F)cc1)c1cccc2c1OCC(CO)N2c1ccc(Cl)cc1. The summed E-state index contributed by atoms with van der Waals surface area (Å²) in [5, 5.41) is 13.0. The number of amides is 1. The molecule has 0 saturated carbocycles. The van der Waals surface area contributed by atoms with Crippen LogP contribution in [0.2, 0.25) is 5.02 Å². The van der Waals surface area contributed by atoms with Gasteiger partial charge in [-0.2, -0.15) is 13.2 Å². The van der Waals surface area contributed by atoms with Crippen LogP contribution in [0.3, 0.4) is 0 Å². The standard InChI is InChI=1S/C23H18ClF3N2O3/c24-15-6-10-17(11-7-15)29-18(12-30)13-32-21-19(2-1-3-20(21)29)22(31)28-16-8-4-14(5-9-16)23(25,26)27/h1-11,18,30H,12-13H2,(H,28,31). The zero-order valence-electron chi connectivity index (χ0n) is 16.6. The molecule has 0 bridgehead atoms. The van der Waals surface area contributed by atoms with Gasteiger partial charge in [0.25, 0.3) is 5.91 Å². The van der Waals surface area contributed by atoms with Crippen LogP contribution < -0.4 is 15.0 Å². The predicted molar refractivity (Wildman–Crippen MR) is 116 cm³/mol. The van der Waals surface area contributed by atoms with Crippen molar-refractivity contribution in [1.82, 2.24) is 0 Å². The van der Waals surface area contributed by atoms with Crippen LogP contribution in [0.5, 0.6) is 5.75 Å². The van der Waals surface area contributed by atoms with Crippen molar-refractivity contribution in [2.45, 2.75) is 12.2 Å². The van der Waals surface area contributed by atoms with Crippen molar-refractivity contribution < 1.29 is 27.8 Å². The van der Waals surface area contributed by atoms with E-state index in [0.717, 1.165) is 17.8 Å². The van der Waals surface area contributed by atoms with Crippen LogP contribution >= 0.6 is 11.6 Å². The number of hydrogen-bond acceptors (Lipinski definition) is 4. The number of ether oxygens (including phenoxy) is 1. The number of benzene rings is 3. The largest absolute Gasteiger partial charge is 0.488 e. The van der Waals surface area contributed by atoms with Crippen LogP contribution in [0, 0.1) is 0 Å². The molecule has 2 N–H and O–H groups in total. The van der Waals surface area contributed by atoms with Crippen molar-refractivity contribution in [3.05, 3.63) is 82.9 Å². The van der Waals surface area contributed by atoms with E-state index in [1.807, 2.05) is 4.90 Å². The summed E-state index contributed by atoms with van der Waals surface area (Å²) in [5.41, 5.74) is 0.984. The molecule has 0 aromatic heterocycles. The molecule has 0 radical (unpaired) electrons. The Kier molecular flexibility index (Phi) is 5.99. The zero-order chi connectivity index (χ0) is 22.9. The number of alkyl halides is 3. The third kappa shape index (κ3) is 4.37. The summed E-state index contributed by atoms with van der Waals surface area (Å²) in [4.78, 5) is 14.8. The first-order valence-corrected chi connectivity index (χ1v) is 10.1. The van der Waals surface area contributed by atoms with E-state index in [4.69, 9.17) is 16.3 Å². The highest BCUT2D eigenvalue weighted by molar-refractivity contribution is 6.30. The van der Waals surface area contributed by atoms with Crippen molar-refractivity contribution >= 4 is 34.6 Å². The van der Waals surface area contributed by atoms with Crippen molar-refractivity contribution in [2.75, 3.05) is 23.4 Å². The molecule has 4 rings (SSSR count). The number of halogens is 4. The van der Waals surface area contributed by atoms with Gasteiger partial charge in [-0.1, -0.05) is 17.7 Å². The molecule has 0 spiro atoms. The molecule has 0 aliphatic carbocycles. The van der Waals surface area contributed by atoms with Gasteiger partial charge in [0.05, 0.1) is 29.5 Å². The average Bonchev–Trinajstić information content (AvgIpc) is 2.78. The molecule has 1 unspecified atom stereocenters. The smallest absolute Gasteiger partial charge is 0.416 e. The lowest BCUT2D eigenvalue weighted by Crippen LogP contribution is -2.43. The highest BCUT2D eigenvalue weighted by Gasteiger charge is 2.32. The van der Waals surface area contributed by atoms with Gasteiger partial charge in [0.15, 0.2) is 5.75 Å². The lowest BCUT2D eigenvalue weighted by Gasteiger charge is -2.38. The summed E-state index contributed by atoms with van der Waals surface area (Å²) >= 11 is 5.99. The number of carbonyl (C=O) groups is 1. The molecule has 1 heterocycles. The van der Waals surface area contributed by atoms with E-state index in [0.29, 0.717) is 16.5 Å². The number of rotatable bonds is 4. The minimum absolute atomic E-state index is 0.136. The van der Waals surface area contributed by atoms with Gasteiger partial charge < -0.3 is 20.1 Å². The molecule has 9 heteroatoms. The molecule has 5 nitrogen and oxygen atoms in total. The lowest BCUT2D eigenvalue weighted by atomic mass is 10.1. The maximum atomic E-state index is 12.9. The number of nitrogens with zero attached hydrogens (tertiary/aromatic N) is 1. The molecule has 0 saturated heterocycles. The molecule has 1 atom stereocenters. The number of anilines is 3. The highest BCUT2D eigenvalue weighted by atomic mass is 35.5. The van der Waals surface area contributed by atoms with E-state index in [2.05, 4.69) is 5.32 Å². The number of nitrogens with one attached hydrogen (secondary N) is 1. The Morgan fingerprint density at radius 3 is 2.41 bits per heavy atom. The average molecular weight is 463 g/mol. The van der Waals surface area contributed by atoms with Gasteiger partial charge in [-0.15, -0.1) is 0 Å². The molecule has 1 amide bonds. The predicted octanol–water partition coefficient (Wildman–Crippen LogP) is 5.50. The third-order valence-corrected chi connectivity index (χ3v) is 5.32. The molecule has 166 valence electrons. The third-order valence-electron chi connectivity index (χ3n) is 5.07. The number of aliphatic hydroxyl groups is 1. The Bertz CT molecular complexity index is 1120. The van der Waals surface area contributed by atoms with E-state index < -0.39 is 17.6 Å². The van der Waals surface area contributed by atoms with Crippen LogP contribution in [-0.4, -0.2) is 30.3 Å².